The number of anilines is 1. The van der Waals surface area contributed by atoms with Crippen molar-refractivity contribution >= 4 is 40.6 Å². The number of nitrogen functional groups attached to an aromatic ring is 1. The molecule has 4 unspecified atom stereocenters. The molecule has 0 aromatic carbocycles. The van der Waals surface area contributed by atoms with Gasteiger partial charge < -0.3 is 39.1 Å². The second-order valence-corrected chi connectivity index (χ2v) is 11.5. The van der Waals surface area contributed by atoms with E-state index in [-0.39, 0.29) is 17.1 Å². The number of rotatable bonds is 8. The first-order valence-electron chi connectivity index (χ1n) is 8.56. The zero-order valence-electron chi connectivity index (χ0n) is 15.8. The molecule has 0 amide bonds. The van der Waals surface area contributed by atoms with Crippen LogP contribution in [0.5, 0.6) is 0 Å². The molecule has 1 saturated heterocycles. The van der Waals surface area contributed by atoms with E-state index in [0.29, 0.717) is 0 Å². The van der Waals surface area contributed by atoms with Crippen molar-refractivity contribution in [3.63, 3.8) is 0 Å². The summed E-state index contributed by atoms with van der Waals surface area (Å²) in [5, 5.41) is 0. The number of aromatic amines is 1. The topological polar surface area (TPSA) is 249 Å². The molecular weight excluding hydrogens is 483 g/mol. The van der Waals surface area contributed by atoms with E-state index in [0.717, 1.165) is 0 Å². The molecule has 1 aliphatic heterocycles. The van der Waals surface area contributed by atoms with E-state index in [2.05, 4.69) is 15.0 Å². The monoisotopic (exact) mass is 503 g/mol. The van der Waals surface area contributed by atoms with Crippen LogP contribution in [-0.4, -0.2) is 63.8 Å². The maximum atomic E-state index is 12.0. The van der Waals surface area contributed by atoms with E-state index in [1.807, 2.05) is 0 Å². The lowest BCUT2D eigenvalue weighted by Gasteiger charge is -2.21. The van der Waals surface area contributed by atoms with Gasteiger partial charge in [0.2, 0.25) is 5.95 Å². The molecule has 0 spiro atoms. The predicted octanol–water partition coefficient (Wildman–Crippen LogP) is -0.660. The highest BCUT2D eigenvalue weighted by Gasteiger charge is 2.46. The van der Waals surface area contributed by atoms with Gasteiger partial charge in [0.05, 0.1) is 12.9 Å². The van der Waals surface area contributed by atoms with E-state index >= 15 is 0 Å². The molecule has 0 bridgehead atoms. The number of ether oxygens (including phenoxy) is 1. The van der Waals surface area contributed by atoms with Crippen molar-refractivity contribution in [1.82, 2.24) is 19.5 Å². The first-order valence-corrected chi connectivity index (χ1v) is 13.4. The lowest BCUT2D eigenvalue weighted by Crippen LogP contribution is -2.30. The van der Waals surface area contributed by atoms with Crippen molar-refractivity contribution in [2.24, 2.45) is 5.92 Å². The number of fused-ring (bicyclic) bond motifs is 1. The quantitative estimate of drug-likeness (QED) is 0.245. The van der Waals surface area contributed by atoms with Crippen molar-refractivity contribution in [2.45, 2.75) is 25.4 Å². The lowest BCUT2D eigenvalue weighted by molar-refractivity contribution is -0.0382. The molecule has 0 saturated carbocycles. The zero-order valence-corrected chi connectivity index (χ0v) is 18.5. The molecule has 6 atom stereocenters. The Balaban J connectivity index is 1.88. The standard InChI is InChI=1S/C12H20N5O11P3/c1-5-8(28-29(19)20)6(2-26-31(24,25)4-30(21,22)23)27-11(5)17-3-14-7-9(17)15-12(13)16-10(7)18/h3,5-6,8,11,29H,2,4H2,1H3,(H,19,20)(H,24,25)(H2,21,22,23)(H3,13,15,16,18)/t5?,6-,8?,11-/m1/s1. The minimum Gasteiger partial charge on any atom is -0.369 e. The Morgan fingerprint density at radius 1 is 1.39 bits per heavy atom. The summed E-state index contributed by atoms with van der Waals surface area (Å²) in [6, 6.07) is 0. The Kier molecular flexibility index (Phi) is 6.90. The fourth-order valence-corrected chi connectivity index (χ4v) is 6.39. The van der Waals surface area contributed by atoms with Gasteiger partial charge in [0.25, 0.3) is 5.56 Å². The van der Waals surface area contributed by atoms with Crippen molar-refractivity contribution in [1.29, 1.82) is 0 Å². The maximum absolute atomic E-state index is 12.0. The molecule has 1 fully saturated rings. The highest BCUT2D eigenvalue weighted by atomic mass is 31.2. The lowest BCUT2D eigenvalue weighted by atomic mass is 10.0. The number of nitrogens with two attached hydrogens (primary N) is 1. The number of nitrogens with zero attached hydrogens (tertiary/aromatic N) is 3. The van der Waals surface area contributed by atoms with Crippen molar-refractivity contribution in [2.75, 3.05) is 18.2 Å². The second-order valence-electron chi connectivity index (χ2n) is 6.79. The Hall–Kier alpha value is -1.44. The van der Waals surface area contributed by atoms with Gasteiger partial charge in [-0.3, -0.25) is 28.0 Å². The predicted molar refractivity (Wildman–Crippen MR) is 104 cm³/mol. The summed E-state index contributed by atoms with van der Waals surface area (Å²) in [7, 11) is -13.0. The van der Waals surface area contributed by atoms with Crippen LogP contribution in [0.15, 0.2) is 11.1 Å². The van der Waals surface area contributed by atoms with Gasteiger partial charge in [0, 0.05) is 5.92 Å². The SMILES string of the molecule is CC1C(O[PH](=O)O)[C@@H](COP(=O)(O)CP(=O)(O)O)O[C@H]1n1cnc2c(=O)[nH]c(N)nc21. The molecule has 0 radical (unpaired) electrons. The molecule has 2 aromatic heterocycles. The Bertz CT molecular complexity index is 1140. The molecule has 31 heavy (non-hydrogen) atoms. The number of imidazole rings is 1. The second kappa shape index (κ2) is 8.83. The fraction of sp³-hybridized carbons (Fsp3) is 0.583. The summed E-state index contributed by atoms with van der Waals surface area (Å²) < 4.78 is 51.1. The third-order valence-corrected chi connectivity index (χ3v) is 8.34. The van der Waals surface area contributed by atoms with Crippen LogP contribution in [-0.2, 0) is 27.5 Å². The molecule has 0 aliphatic carbocycles. The zero-order chi connectivity index (χ0) is 23.1. The first-order chi connectivity index (χ1) is 14.3. The van der Waals surface area contributed by atoms with E-state index in [9.17, 15) is 28.3 Å². The van der Waals surface area contributed by atoms with Gasteiger partial charge in [-0.05, 0) is 0 Å². The summed E-state index contributed by atoms with van der Waals surface area (Å²) in [4.78, 5) is 58.9. The minimum absolute atomic E-state index is 0.0422. The van der Waals surface area contributed by atoms with Gasteiger partial charge in [0.15, 0.2) is 17.1 Å². The van der Waals surface area contributed by atoms with Crippen LogP contribution in [0.3, 0.4) is 0 Å². The molecule has 7 N–H and O–H groups in total. The number of aromatic nitrogens is 4. The average Bonchev–Trinajstić information content (AvgIpc) is 3.13. The number of nitrogens with one attached hydrogen (secondary N) is 1. The van der Waals surface area contributed by atoms with E-state index in [1.54, 1.807) is 6.92 Å². The van der Waals surface area contributed by atoms with Gasteiger partial charge in [0.1, 0.15) is 18.4 Å². The van der Waals surface area contributed by atoms with Gasteiger partial charge in [-0.2, -0.15) is 4.98 Å². The highest BCUT2D eigenvalue weighted by Crippen LogP contribution is 2.55. The van der Waals surface area contributed by atoms with Gasteiger partial charge in [-0.25, -0.2) is 4.98 Å². The largest absolute Gasteiger partial charge is 0.369 e. The Labute approximate surface area is 174 Å². The molecule has 3 heterocycles. The highest BCUT2D eigenvalue weighted by molar-refractivity contribution is 7.70. The van der Waals surface area contributed by atoms with Gasteiger partial charge >= 0.3 is 23.4 Å². The molecule has 174 valence electrons. The van der Waals surface area contributed by atoms with Gasteiger partial charge in [-0.1, -0.05) is 6.92 Å². The van der Waals surface area contributed by atoms with E-state index in [1.165, 1.54) is 10.9 Å². The number of hydrogen-bond donors (Lipinski definition) is 6. The van der Waals surface area contributed by atoms with Gasteiger partial charge in [-0.15, -0.1) is 0 Å². The number of H-pyrrole nitrogens is 1. The summed E-state index contributed by atoms with van der Waals surface area (Å²) in [5.41, 5.74) is 4.99. The normalized spacial score (nSPS) is 27.4. The van der Waals surface area contributed by atoms with Crippen LogP contribution in [0, 0.1) is 5.92 Å². The number of hydrogen-bond acceptors (Lipinski definition) is 10. The smallest absolute Gasteiger partial charge is 0.340 e. The molecule has 2 aromatic rings. The third-order valence-electron chi connectivity index (χ3n) is 4.41. The molecule has 1 aliphatic rings. The van der Waals surface area contributed by atoms with Crippen molar-refractivity contribution in [3.8, 4) is 0 Å². The van der Waals surface area contributed by atoms with Crippen molar-refractivity contribution in [3.05, 3.63) is 16.7 Å². The van der Waals surface area contributed by atoms with Crippen molar-refractivity contribution < 1.29 is 47.1 Å². The van der Waals surface area contributed by atoms with Crippen LogP contribution in [0.2, 0.25) is 0 Å². The maximum Gasteiger partial charge on any atom is 0.340 e. The molecule has 3 rings (SSSR count). The summed E-state index contributed by atoms with van der Waals surface area (Å²) >= 11 is 0. The Morgan fingerprint density at radius 3 is 2.68 bits per heavy atom. The summed E-state index contributed by atoms with van der Waals surface area (Å²) in [6.45, 7) is 0.897. The average molecular weight is 503 g/mol. The summed E-state index contributed by atoms with van der Waals surface area (Å²) in [6.07, 6.45) is -2.03. The van der Waals surface area contributed by atoms with Crippen LogP contribution >= 0.6 is 23.4 Å². The van der Waals surface area contributed by atoms with Crippen LogP contribution in [0.4, 0.5) is 5.95 Å². The molecular formula is C12H20N5O11P3. The molecule has 16 nitrogen and oxygen atoms in total. The first kappa shape index (κ1) is 24.2. The minimum atomic E-state index is -4.85. The van der Waals surface area contributed by atoms with Crippen LogP contribution < -0.4 is 11.3 Å². The van der Waals surface area contributed by atoms with Crippen LogP contribution in [0.1, 0.15) is 13.2 Å². The van der Waals surface area contributed by atoms with E-state index in [4.69, 9.17) is 29.3 Å². The summed E-state index contributed by atoms with van der Waals surface area (Å²) in [5.74, 6) is -2.27. The third kappa shape index (κ3) is 5.68. The Morgan fingerprint density at radius 2 is 2.06 bits per heavy atom. The van der Waals surface area contributed by atoms with Crippen LogP contribution in [0.25, 0.3) is 11.2 Å². The van der Waals surface area contributed by atoms with E-state index < -0.39 is 65.9 Å². The molecule has 19 heteroatoms. The fourth-order valence-electron chi connectivity index (χ4n) is 3.23.